The lowest BCUT2D eigenvalue weighted by atomic mass is 9.94. The Hall–Kier alpha value is -1.52. The van der Waals surface area contributed by atoms with Gasteiger partial charge in [0, 0.05) is 11.6 Å². The smallest absolute Gasteiger partial charge is 0.272 e. The van der Waals surface area contributed by atoms with Crippen molar-refractivity contribution >= 4 is 29.1 Å². The molecule has 0 aliphatic heterocycles. The van der Waals surface area contributed by atoms with Crippen LogP contribution in [-0.2, 0) is 5.54 Å². The van der Waals surface area contributed by atoms with Crippen molar-refractivity contribution in [3.05, 3.63) is 51.3 Å². The minimum Gasteiger partial charge on any atom is -0.342 e. The third-order valence-electron chi connectivity index (χ3n) is 3.91. The largest absolute Gasteiger partial charge is 0.342 e. The quantitative estimate of drug-likeness (QED) is 0.875. The summed E-state index contributed by atoms with van der Waals surface area (Å²) in [6.07, 6.45) is 2.33. The van der Waals surface area contributed by atoms with Crippen molar-refractivity contribution in [3.8, 4) is 0 Å². The molecule has 1 aliphatic rings. The number of aromatic amines is 1. The van der Waals surface area contributed by atoms with E-state index in [1.165, 1.54) is 0 Å². The van der Waals surface area contributed by atoms with Crippen LogP contribution in [-0.4, -0.2) is 16.1 Å². The number of carbonyl (C=O) groups is 1. The summed E-state index contributed by atoms with van der Waals surface area (Å²) in [5, 5.41) is 11.0. The van der Waals surface area contributed by atoms with Crippen LogP contribution in [0.15, 0.2) is 24.3 Å². The van der Waals surface area contributed by atoms with E-state index >= 15 is 0 Å². The number of benzene rings is 1. The molecule has 1 saturated carbocycles. The van der Waals surface area contributed by atoms with Crippen LogP contribution < -0.4 is 5.32 Å². The van der Waals surface area contributed by atoms with E-state index in [1.807, 2.05) is 26.0 Å². The van der Waals surface area contributed by atoms with E-state index in [0.29, 0.717) is 21.7 Å². The Morgan fingerprint density at radius 2 is 2.00 bits per heavy atom. The Labute approximate surface area is 139 Å². The van der Waals surface area contributed by atoms with Crippen molar-refractivity contribution in [2.75, 3.05) is 0 Å². The van der Waals surface area contributed by atoms with E-state index < -0.39 is 5.54 Å². The van der Waals surface area contributed by atoms with Crippen molar-refractivity contribution in [1.29, 1.82) is 0 Å². The van der Waals surface area contributed by atoms with Crippen LogP contribution in [0.3, 0.4) is 0 Å². The molecule has 4 nitrogen and oxygen atoms in total. The van der Waals surface area contributed by atoms with Gasteiger partial charge in [-0.2, -0.15) is 5.10 Å². The summed E-state index contributed by atoms with van der Waals surface area (Å²) in [7, 11) is 0. The highest BCUT2D eigenvalue weighted by atomic mass is 35.5. The fourth-order valence-electron chi connectivity index (χ4n) is 2.36. The van der Waals surface area contributed by atoms with Gasteiger partial charge in [0.25, 0.3) is 5.91 Å². The molecule has 1 fully saturated rings. The molecule has 2 aromatic rings. The lowest BCUT2D eigenvalue weighted by Gasteiger charge is -2.26. The lowest BCUT2D eigenvalue weighted by Crippen LogP contribution is -2.41. The topological polar surface area (TPSA) is 57.8 Å². The molecule has 6 heteroatoms. The number of hydrogen-bond acceptors (Lipinski definition) is 2. The van der Waals surface area contributed by atoms with Crippen LogP contribution >= 0.6 is 23.2 Å². The molecular weight excluding hydrogens is 321 g/mol. The monoisotopic (exact) mass is 337 g/mol. The maximum Gasteiger partial charge on any atom is 0.272 e. The zero-order valence-corrected chi connectivity index (χ0v) is 13.9. The molecule has 0 unspecified atom stereocenters. The van der Waals surface area contributed by atoms with E-state index in [2.05, 4.69) is 15.5 Å². The zero-order valence-electron chi connectivity index (χ0n) is 12.4. The van der Waals surface area contributed by atoms with Crippen LogP contribution in [0.4, 0.5) is 0 Å². The van der Waals surface area contributed by atoms with Crippen molar-refractivity contribution < 1.29 is 4.79 Å². The van der Waals surface area contributed by atoms with E-state index in [4.69, 9.17) is 23.2 Å². The summed E-state index contributed by atoms with van der Waals surface area (Å²) >= 11 is 12.0. The Kier molecular flexibility index (Phi) is 3.91. The van der Waals surface area contributed by atoms with E-state index in [-0.39, 0.29) is 5.91 Å². The van der Waals surface area contributed by atoms with Gasteiger partial charge in [0.05, 0.1) is 15.6 Å². The molecule has 0 saturated heterocycles. The molecule has 1 amide bonds. The molecule has 2 N–H and O–H groups in total. The number of nitrogens with zero attached hydrogens (tertiary/aromatic N) is 1. The van der Waals surface area contributed by atoms with Gasteiger partial charge < -0.3 is 5.32 Å². The fourth-order valence-corrected chi connectivity index (χ4v) is 2.66. The van der Waals surface area contributed by atoms with Crippen molar-refractivity contribution in [2.45, 2.75) is 38.1 Å². The highest BCUT2D eigenvalue weighted by molar-refractivity contribution is 6.42. The van der Waals surface area contributed by atoms with Gasteiger partial charge in [0.15, 0.2) is 0 Å². The third-order valence-corrected chi connectivity index (χ3v) is 4.65. The molecule has 1 aliphatic carbocycles. The molecule has 1 aromatic heterocycles. The second-order valence-corrected chi connectivity index (χ2v) is 7.01. The lowest BCUT2D eigenvalue weighted by molar-refractivity contribution is 0.0907. The van der Waals surface area contributed by atoms with Crippen LogP contribution in [0, 0.1) is 0 Å². The van der Waals surface area contributed by atoms with Gasteiger partial charge in [0.2, 0.25) is 0 Å². The van der Waals surface area contributed by atoms with Crippen molar-refractivity contribution in [3.63, 3.8) is 0 Å². The summed E-state index contributed by atoms with van der Waals surface area (Å²) in [6.45, 7) is 3.83. The van der Waals surface area contributed by atoms with Crippen LogP contribution in [0.5, 0.6) is 0 Å². The predicted octanol–water partition coefficient (Wildman–Crippen LogP) is 4.26. The van der Waals surface area contributed by atoms with Gasteiger partial charge in [-0.1, -0.05) is 29.3 Å². The molecular formula is C16H17Cl2N3O. The van der Waals surface area contributed by atoms with Gasteiger partial charge >= 0.3 is 0 Å². The summed E-state index contributed by atoms with van der Waals surface area (Å²) in [4.78, 5) is 12.4. The molecule has 0 radical (unpaired) electrons. The number of rotatable bonds is 4. The third kappa shape index (κ3) is 3.13. The number of hydrogen-bond donors (Lipinski definition) is 2. The minimum atomic E-state index is -0.579. The second kappa shape index (κ2) is 5.60. The number of halogens is 2. The summed E-state index contributed by atoms with van der Waals surface area (Å²) in [5.41, 5.74) is 1.75. The molecule has 116 valence electrons. The Bertz CT molecular complexity index is 720. The maximum atomic E-state index is 12.4. The first-order chi connectivity index (χ1) is 10.4. The predicted molar refractivity (Wildman–Crippen MR) is 87.5 cm³/mol. The van der Waals surface area contributed by atoms with Gasteiger partial charge in [-0.05, 0) is 50.5 Å². The minimum absolute atomic E-state index is 0.209. The van der Waals surface area contributed by atoms with Crippen LogP contribution in [0.25, 0.3) is 0 Å². The first-order valence-electron chi connectivity index (χ1n) is 7.20. The molecule has 3 rings (SSSR count). The number of amides is 1. The van der Waals surface area contributed by atoms with Gasteiger partial charge in [0.1, 0.15) is 5.69 Å². The summed E-state index contributed by atoms with van der Waals surface area (Å²) in [6, 6.07) is 7.18. The average molecular weight is 338 g/mol. The van der Waals surface area contributed by atoms with Crippen LogP contribution in [0.2, 0.25) is 10.0 Å². The average Bonchev–Trinajstić information content (AvgIpc) is 3.18. The number of aromatic nitrogens is 2. The molecule has 0 spiro atoms. The number of carbonyl (C=O) groups excluding carboxylic acids is 1. The number of H-pyrrole nitrogens is 1. The van der Waals surface area contributed by atoms with Crippen LogP contribution in [0.1, 0.15) is 54.4 Å². The standard InChI is InChI=1S/C16H17Cl2N3O/c1-16(2,10-5-6-11(17)12(18)7-10)19-15(22)14-8-13(20-21-14)9-3-4-9/h5-9H,3-4H2,1-2H3,(H,19,22)(H,20,21). The Morgan fingerprint density at radius 3 is 2.64 bits per heavy atom. The SMILES string of the molecule is CC(C)(NC(=O)c1cc(C2CC2)[nH]n1)c1ccc(Cl)c(Cl)c1. The second-order valence-electron chi connectivity index (χ2n) is 6.19. The fraction of sp³-hybridized carbons (Fsp3) is 0.375. The Balaban J connectivity index is 1.76. The van der Waals surface area contributed by atoms with Crippen molar-refractivity contribution in [2.24, 2.45) is 0 Å². The summed E-state index contributed by atoms with van der Waals surface area (Å²) in [5.74, 6) is 0.330. The van der Waals surface area contributed by atoms with E-state index in [9.17, 15) is 4.79 Å². The zero-order chi connectivity index (χ0) is 15.9. The summed E-state index contributed by atoms with van der Waals surface area (Å²) < 4.78 is 0. The molecule has 1 heterocycles. The van der Waals surface area contributed by atoms with Gasteiger partial charge in [-0.25, -0.2) is 0 Å². The Morgan fingerprint density at radius 1 is 1.27 bits per heavy atom. The van der Waals surface area contributed by atoms with Gasteiger partial charge in [-0.15, -0.1) is 0 Å². The van der Waals surface area contributed by atoms with E-state index in [0.717, 1.165) is 24.1 Å². The first-order valence-corrected chi connectivity index (χ1v) is 7.96. The highest BCUT2D eigenvalue weighted by Gasteiger charge is 2.28. The molecule has 22 heavy (non-hydrogen) atoms. The first kappa shape index (κ1) is 15.4. The highest BCUT2D eigenvalue weighted by Crippen LogP contribution is 2.39. The normalized spacial score (nSPS) is 14.9. The molecule has 1 aromatic carbocycles. The van der Waals surface area contributed by atoms with Gasteiger partial charge in [-0.3, -0.25) is 9.89 Å². The maximum absolute atomic E-state index is 12.4. The number of nitrogens with one attached hydrogen (secondary N) is 2. The molecule has 0 bridgehead atoms. The molecule has 0 atom stereocenters. The van der Waals surface area contributed by atoms with Crippen molar-refractivity contribution in [1.82, 2.24) is 15.5 Å². The van der Waals surface area contributed by atoms with E-state index in [1.54, 1.807) is 12.1 Å².